The molecule has 94 valence electrons. The molecule has 1 aliphatic carbocycles. The van der Waals surface area contributed by atoms with Crippen LogP contribution in [0, 0.1) is 19.8 Å². The van der Waals surface area contributed by atoms with Crippen LogP contribution in [0.3, 0.4) is 0 Å². The minimum atomic E-state index is 0.250. The van der Waals surface area contributed by atoms with Crippen molar-refractivity contribution in [1.82, 2.24) is 9.97 Å². The monoisotopic (exact) mass is 254 g/mol. The summed E-state index contributed by atoms with van der Waals surface area (Å²) in [7, 11) is 0. The van der Waals surface area contributed by atoms with Crippen molar-refractivity contribution in [1.29, 1.82) is 0 Å². The van der Waals surface area contributed by atoms with Crippen molar-refractivity contribution in [2.75, 3.05) is 0 Å². The molecule has 1 saturated carbocycles. The van der Waals surface area contributed by atoms with Crippen LogP contribution < -0.4 is 4.74 Å². The molecule has 0 spiro atoms. The Morgan fingerprint density at radius 2 is 1.65 bits per heavy atom. The van der Waals surface area contributed by atoms with Gasteiger partial charge in [0.05, 0.1) is 11.4 Å². The van der Waals surface area contributed by atoms with Crippen LogP contribution in [0.1, 0.15) is 44.0 Å². The molecule has 1 aromatic heterocycles. The fraction of sp³-hybridized carbons (Fsp3) is 0.692. The lowest BCUT2D eigenvalue weighted by atomic mass is 9.89. The SMILES string of the molecule is Cc1nc(Cl)c(OC2CCC(C)CC2)nc1C. The maximum atomic E-state index is 6.05. The van der Waals surface area contributed by atoms with Crippen molar-refractivity contribution in [2.24, 2.45) is 5.92 Å². The second kappa shape index (κ2) is 5.21. The molecule has 0 unspecified atom stereocenters. The third-order valence-electron chi connectivity index (χ3n) is 3.48. The van der Waals surface area contributed by atoms with E-state index < -0.39 is 0 Å². The quantitative estimate of drug-likeness (QED) is 0.807. The second-order valence-corrected chi connectivity index (χ2v) is 5.35. The third kappa shape index (κ3) is 3.09. The van der Waals surface area contributed by atoms with E-state index in [1.165, 1.54) is 12.8 Å². The van der Waals surface area contributed by atoms with Gasteiger partial charge >= 0.3 is 0 Å². The number of ether oxygens (including phenoxy) is 1. The van der Waals surface area contributed by atoms with Crippen molar-refractivity contribution < 1.29 is 4.74 Å². The first-order valence-corrected chi connectivity index (χ1v) is 6.61. The Labute approximate surface area is 108 Å². The summed E-state index contributed by atoms with van der Waals surface area (Å²) in [6, 6.07) is 0. The Kier molecular flexibility index (Phi) is 3.87. The molecule has 0 N–H and O–H groups in total. The molecule has 17 heavy (non-hydrogen) atoms. The lowest BCUT2D eigenvalue weighted by Gasteiger charge is -2.26. The van der Waals surface area contributed by atoms with Gasteiger partial charge in [0.1, 0.15) is 6.10 Å². The molecular formula is C13H19ClN2O. The number of hydrogen-bond acceptors (Lipinski definition) is 3. The molecule has 1 aromatic rings. The van der Waals surface area contributed by atoms with Crippen LogP contribution in [0.25, 0.3) is 0 Å². The van der Waals surface area contributed by atoms with E-state index in [4.69, 9.17) is 16.3 Å². The fourth-order valence-electron chi connectivity index (χ4n) is 2.14. The van der Waals surface area contributed by atoms with Gasteiger partial charge in [-0.2, -0.15) is 0 Å². The van der Waals surface area contributed by atoms with Crippen molar-refractivity contribution in [3.63, 3.8) is 0 Å². The minimum absolute atomic E-state index is 0.250. The molecule has 0 radical (unpaired) electrons. The highest BCUT2D eigenvalue weighted by molar-refractivity contribution is 6.30. The molecule has 0 aliphatic heterocycles. The summed E-state index contributed by atoms with van der Waals surface area (Å²) in [4.78, 5) is 8.60. The van der Waals surface area contributed by atoms with Crippen LogP contribution in [0.5, 0.6) is 5.88 Å². The van der Waals surface area contributed by atoms with Crippen molar-refractivity contribution in [2.45, 2.75) is 52.6 Å². The van der Waals surface area contributed by atoms with E-state index in [0.717, 1.165) is 30.1 Å². The van der Waals surface area contributed by atoms with E-state index in [0.29, 0.717) is 11.0 Å². The van der Waals surface area contributed by atoms with E-state index >= 15 is 0 Å². The van der Waals surface area contributed by atoms with Gasteiger partial charge in [-0.05, 0) is 45.4 Å². The Hall–Kier alpha value is -0.830. The van der Waals surface area contributed by atoms with Gasteiger partial charge in [-0.25, -0.2) is 9.97 Å². The van der Waals surface area contributed by atoms with Gasteiger partial charge in [-0.3, -0.25) is 0 Å². The van der Waals surface area contributed by atoms with Gasteiger partial charge in [0, 0.05) is 0 Å². The zero-order valence-corrected chi connectivity index (χ0v) is 11.4. The molecule has 3 nitrogen and oxygen atoms in total. The van der Waals surface area contributed by atoms with E-state index in [2.05, 4.69) is 16.9 Å². The van der Waals surface area contributed by atoms with Gasteiger partial charge in [0.15, 0.2) is 5.15 Å². The lowest BCUT2D eigenvalue weighted by Crippen LogP contribution is -2.23. The predicted octanol–water partition coefficient (Wildman–Crippen LogP) is 3.70. The van der Waals surface area contributed by atoms with Crippen molar-refractivity contribution in [3.05, 3.63) is 16.5 Å². The van der Waals surface area contributed by atoms with Crippen molar-refractivity contribution in [3.8, 4) is 5.88 Å². The zero-order chi connectivity index (χ0) is 12.4. The fourth-order valence-corrected chi connectivity index (χ4v) is 2.35. The number of rotatable bonds is 2. The first-order chi connectivity index (χ1) is 8.06. The van der Waals surface area contributed by atoms with Gasteiger partial charge in [0.2, 0.25) is 0 Å². The number of aryl methyl sites for hydroxylation is 2. The van der Waals surface area contributed by atoms with E-state index in [9.17, 15) is 0 Å². The zero-order valence-electron chi connectivity index (χ0n) is 10.7. The second-order valence-electron chi connectivity index (χ2n) is 4.99. The average molecular weight is 255 g/mol. The Balaban J connectivity index is 2.06. The molecule has 1 fully saturated rings. The molecule has 2 rings (SSSR count). The van der Waals surface area contributed by atoms with Crippen LogP contribution in [0.2, 0.25) is 5.15 Å². The molecule has 0 atom stereocenters. The van der Waals surface area contributed by atoms with Crippen LogP contribution in [-0.2, 0) is 0 Å². The minimum Gasteiger partial charge on any atom is -0.472 e. The lowest BCUT2D eigenvalue weighted by molar-refractivity contribution is 0.129. The van der Waals surface area contributed by atoms with E-state index in [1.54, 1.807) is 0 Å². The third-order valence-corrected chi connectivity index (χ3v) is 3.72. The largest absolute Gasteiger partial charge is 0.472 e. The number of nitrogens with zero attached hydrogens (tertiary/aromatic N) is 2. The topological polar surface area (TPSA) is 35.0 Å². The molecular weight excluding hydrogens is 236 g/mol. The summed E-state index contributed by atoms with van der Waals surface area (Å²) < 4.78 is 5.86. The molecule has 4 heteroatoms. The molecule has 0 bridgehead atoms. The summed E-state index contributed by atoms with van der Waals surface area (Å²) in [6.07, 6.45) is 4.87. The predicted molar refractivity (Wildman–Crippen MR) is 68.6 cm³/mol. The van der Waals surface area contributed by atoms with Crippen molar-refractivity contribution >= 4 is 11.6 Å². The number of hydrogen-bond donors (Lipinski definition) is 0. The molecule has 1 aliphatic rings. The van der Waals surface area contributed by atoms with Gasteiger partial charge in [-0.15, -0.1) is 0 Å². The van der Waals surface area contributed by atoms with Crippen LogP contribution >= 0.6 is 11.6 Å². The van der Waals surface area contributed by atoms with E-state index in [-0.39, 0.29) is 6.10 Å². The summed E-state index contributed by atoms with van der Waals surface area (Å²) >= 11 is 6.05. The van der Waals surface area contributed by atoms with Gasteiger partial charge in [-0.1, -0.05) is 18.5 Å². The Morgan fingerprint density at radius 3 is 2.29 bits per heavy atom. The highest BCUT2D eigenvalue weighted by Gasteiger charge is 2.21. The first kappa shape index (κ1) is 12.6. The first-order valence-electron chi connectivity index (χ1n) is 6.23. The van der Waals surface area contributed by atoms with Crippen LogP contribution in [0.15, 0.2) is 0 Å². The number of aromatic nitrogens is 2. The standard InChI is InChI=1S/C13H19ClN2O/c1-8-4-6-11(7-5-8)17-13-12(14)15-9(2)10(3)16-13/h8,11H,4-7H2,1-3H3. The van der Waals surface area contributed by atoms with Gasteiger partial charge < -0.3 is 4.74 Å². The summed E-state index contributed by atoms with van der Waals surface area (Å²) in [5.74, 6) is 1.31. The normalized spacial score (nSPS) is 24.7. The Morgan fingerprint density at radius 1 is 1.06 bits per heavy atom. The Bertz CT molecular complexity index is 401. The van der Waals surface area contributed by atoms with Crippen LogP contribution in [-0.4, -0.2) is 16.1 Å². The molecule has 0 amide bonds. The highest BCUT2D eigenvalue weighted by Crippen LogP contribution is 2.29. The number of halogens is 1. The maximum absolute atomic E-state index is 6.05. The highest BCUT2D eigenvalue weighted by atomic mass is 35.5. The summed E-state index contributed by atoms with van der Waals surface area (Å²) in [6.45, 7) is 6.12. The molecule has 1 heterocycles. The smallest absolute Gasteiger partial charge is 0.252 e. The average Bonchev–Trinajstić information content (AvgIpc) is 2.29. The maximum Gasteiger partial charge on any atom is 0.252 e. The molecule has 0 saturated heterocycles. The van der Waals surface area contributed by atoms with Crippen LogP contribution in [0.4, 0.5) is 0 Å². The summed E-state index contributed by atoms with van der Waals surface area (Å²) in [5, 5.41) is 0.381. The molecule has 0 aromatic carbocycles. The summed E-state index contributed by atoms with van der Waals surface area (Å²) in [5.41, 5.74) is 1.74. The van der Waals surface area contributed by atoms with E-state index in [1.807, 2.05) is 13.8 Å². The van der Waals surface area contributed by atoms with Gasteiger partial charge in [0.25, 0.3) is 5.88 Å².